The topological polar surface area (TPSA) is 122 Å². The number of pyridine rings is 1. The van der Waals surface area contributed by atoms with Crippen molar-refractivity contribution in [3.05, 3.63) is 98.7 Å². The Morgan fingerprint density at radius 2 is 1.45 bits per heavy atom. The Morgan fingerprint density at radius 3 is 2.03 bits per heavy atom. The Balaban J connectivity index is 0.000000371. The number of hydrogen-bond acceptors (Lipinski definition) is 8. The highest BCUT2D eigenvalue weighted by Gasteiger charge is 2.61. The van der Waals surface area contributed by atoms with Gasteiger partial charge >= 0.3 is 0 Å². The van der Waals surface area contributed by atoms with E-state index in [9.17, 15) is 0 Å². The van der Waals surface area contributed by atoms with Crippen LogP contribution in [0.25, 0.3) is 0 Å². The molecule has 7 nitrogen and oxygen atoms in total. The third-order valence-corrected chi connectivity index (χ3v) is 7.76. The van der Waals surface area contributed by atoms with Crippen molar-refractivity contribution in [1.29, 1.82) is 0 Å². The summed E-state index contributed by atoms with van der Waals surface area (Å²) in [6, 6.07) is 15.8. The van der Waals surface area contributed by atoms with E-state index >= 15 is 0 Å². The number of halogens is 1. The van der Waals surface area contributed by atoms with Gasteiger partial charge in [0, 0.05) is 47.3 Å². The number of benzene rings is 1. The van der Waals surface area contributed by atoms with E-state index in [1.165, 1.54) is 26.8 Å². The molecule has 3 aliphatic rings. The average Bonchev–Trinajstić information content (AvgIpc) is 3.47. The standard InChI is InChI=1S/C21H16N3S2.ClHO4/c1-2-6-15-14(5-1)17-13-21(19-22-8-11-25-19,20-23-9-12-26-20)18(15)16-7-3-4-10-24(16)17;2-1(3,4)5/h1-12,17-18H,13H2;(H,2,3,4,5)/q+1;/p-1/t17-,18+;/m1./s1. The molecule has 10 heteroatoms. The molecule has 31 heavy (non-hydrogen) atoms. The summed E-state index contributed by atoms with van der Waals surface area (Å²) >= 11 is 3.52. The molecule has 0 saturated carbocycles. The summed E-state index contributed by atoms with van der Waals surface area (Å²) in [4.78, 5) is 9.62. The Labute approximate surface area is 188 Å². The molecule has 2 aliphatic heterocycles. The first-order valence-corrected chi connectivity index (χ1v) is 12.4. The number of nitrogens with zero attached hydrogens (tertiary/aromatic N) is 3. The van der Waals surface area contributed by atoms with Crippen molar-refractivity contribution in [3.63, 3.8) is 0 Å². The van der Waals surface area contributed by atoms with Crippen LogP contribution in [0, 0.1) is 10.2 Å². The van der Waals surface area contributed by atoms with Gasteiger partial charge in [-0.3, -0.25) is 0 Å². The lowest BCUT2D eigenvalue weighted by molar-refractivity contribution is -2.00. The lowest BCUT2D eigenvalue weighted by Crippen LogP contribution is -2.68. The highest BCUT2D eigenvalue weighted by molar-refractivity contribution is 7.11. The van der Waals surface area contributed by atoms with E-state index < -0.39 is 10.2 Å². The predicted octanol–water partition coefficient (Wildman–Crippen LogP) is -0.444. The zero-order valence-corrected chi connectivity index (χ0v) is 18.3. The van der Waals surface area contributed by atoms with E-state index in [1.54, 1.807) is 22.7 Å². The van der Waals surface area contributed by atoms with Crippen LogP contribution in [0.1, 0.15) is 45.2 Å². The van der Waals surface area contributed by atoms with Crippen molar-refractivity contribution < 1.29 is 33.4 Å². The normalized spacial score (nSPS) is 20.4. The van der Waals surface area contributed by atoms with Gasteiger partial charge in [0.1, 0.15) is 10.0 Å². The molecule has 1 aliphatic carbocycles. The van der Waals surface area contributed by atoms with Crippen molar-refractivity contribution in [2.24, 2.45) is 0 Å². The SMILES string of the molecule is [O-][Cl+3]([O-])([O-])[O-].c1ccc2c(c1)[C@H]1c3cccc[n+]3[C@@H]2CC1(c1nccs1)c1nccs1. The van der Waals surface area contributed by atoms with E-state index in [4.69, 9.17) is 28.6 Å². The summed E-state index contributed by atoms with van der Waals surface area (Å²) < 4.78 is 36.4. The average molecular weight is 474 g/mol. The predicted molar refractivity (Wildman–Crippen MR) is 103 cm³/mol. The van der Waals surface area contributed by atoms with Gasteiger partial charge in [0.15, 0.2) is 17.9 Å². The first-order chi connectivity index (χ1) is 14.9. The summed E-state index contributed by atoms with van der Waals surface area (Å²) in [7, 11) is -4.94. The molecule has 0 radical (unpaired) electrons. The minimum absolute atomic E-state index is 0.178. The summed E-state index contributed by atoms with van der Waals surface area (Å²) in [5, 5.41) is 6.56. The van der Waals surface area contributed by atoms with Crippen LogP contribution in [0.15, 0.2) is 71.8 Å². The van der Waals surface area contributed by atoms with E-state index in [-0.39, 0.29) is 11.3 Å². The monoisotopic (exact) mass is 473 g/mol. The quantitative estimate of drug-likeness (QED) is 0.364. The van der Waals surface area contributed by atoms with Crippen LogP contribution in [0.5, 0.6) is 0 Å². The molecule has 0 unspecified atom stereocenters. The molecule has 0 fully saturated rings. The summed E-state index contributed by atoms with van der Waals surface area (Å²) in [5.41, 5.74) is 4.07. The molecular formula is C21H16ClN3O4S2. The van der Waals surface area contributed by atoms with Crippen LogP contribution in [-0.4, -0.2) is 9.97 Å². The second-order valence-electron chi connectivity index (χ2n) is 7.34. The number of rotatable bonds is 2. The summed E-state index contributed by atoms with van der Waals surface area (Å²) in [5.74, 6) is 0.238. The van der Waals surface area contributed by atoms with Crippen molar-refractivity contribution in [2.75, 3.05) is 0 Å². The molecule has 1 aromatic carbocycles. The molecule has 0 amide bonds. The van der Waals surface area contributed by atoms with Gasteiger partial charge in [-0.25, -0.2) is 28.6 Å². The van der Waals surface area contributed by atoms with E-state index in [1.807, 2.05) is 12.4 Å². The number of hydrogen-bond donors (Lipinski definition) is 0. The van der Waals surface area contributed by atoms with Gasteiger partial charge in [-0.1, -0.05) is 30.3 Å². The maximum absolute atomic E-state index is 8.49. The van der Waals surface area contributed by atoms with Gasteiger partial charge in [0.2, 0.25) is 0 Å². The molecule has 0 saturated heterocycles. The maximum Gasteiger partial charge on any atom is 0.190 e. The number of aromatic nitrogens is 3. The van der Waals surface area contributed by atoms with Gasteiger partial charge in [-0.15, -0.1) is 32.9 Å². The summed E-state index contributed by atoms with van der Waals surface area (Å²) in [6.45, 7) is 0. The fourth-order valence-electron chi connectivity index (χ4n) is 4.93. The number of fused-ring (bicyclic) bond motifs is 1. The van der Waals surface area contributed by atoms with Crippen LogP contribution in [0.2, 0.25) is 0 Å². The van der Waals surface area contributed by atoms with Crippen molar-refractivity contribution in [2.45, 2.75) is 23.8 Å². The van der Waals surface area contributed by atoms with Gasteiger partial charge < -0.3 is 0 Å². The molecular weight excluding hydrogens is 458 g/mol. The second-order valence-corrected chi connectivity index (χ2v) is 9.88. The van der Waals surface area contributed by atoms with Gasteiger partial charge in [0.25, 0.3) is 0 Å². The van der Waals surface area contributed by atoms with E-state index in [0.29, 0.717) is 6.04 Å². The van der Waals surface area contributed by atoms with Crippen LogP contribution in [-0.2, 0) is 5.41 Å². The molecule has 4 aromatic rings. The molecule has 3 aromatic heterocycles. The summed E-state index contributed by atoms with van der Waals surface area (Å²) in [6.07, 6.45) is 7.11. The van der Waals surface area contributed by atoms with E-state index in [2.05, 4.69) is 64.0 Å². The highest BCUT2D eigenvalue weighted by Crippen LogP contribution is 2.59. The molecule has 0 spiro atoms. The molecule has 2 bridgehead atoms. The maximum atomic E-state index is 8.49. The first kappa shape index (κ1) is 20.7. The Morgan fingerprint density at radius 1 is 0.871 bits per heavy atom. The van der Waals surface area contributed by atoms with Crippen LogP contribution in [0.4, 0.5) is 0 Å². The zero-order valence-electron chi connectivity index (χ0n) is 16.0. The van der Waals surface area contributed by atoms with Crippen LogP contribution in [0.3, 0.4) is 0 Å². The molecule has 2 atom stereocenters. The number of thiazole rings is 2. The largest absolute Gasteiger partial charge is 0.249 e. The third-order valence-electron chi connectivity index (χ3n) is 5.86. The lowest BCUT2D eigenvalue weighted by Gasteiger charge is -2.47. The second kappa shape index (κ2) is 7.72. The first-order valence-electron chi connectivity index (χ1n) is 9.40. The Kier molecular flexibility index (Phi) is 5.14. The minimum Gasteiger partial charge on any atom is -0.249 e. The lowest BCUT2D eigenvalue weighted by atomic mass is 9.59. The van der Waals surface area contributed by atoms with Crippen molar-refractivity contribution in [1.82, 2.24) is 9.97 Å². The zero-order chi connectivity index (χ0) is 21.6. The van der Waals surface area contributed by atoms with Gasteiger partial charge in [-0.05, 0) is 5.56 Å². The fraction of sp³-hybridized carbons (Fsp3) is 0.190. The van der Waals surface area contributed by atoms with Crippen molar-refractivity contribution >= 4 is 22.7 Å². The van der Waals surface area contributed by atoms with Crippen LogP contribution < -0.4 is 23.2 Å². The van der Waals surface area contributed by atoms with Gasteiger partial charge in [0.05, 0.1) is 11.3 Å². The molecule has 7 rings (SSSR count). The van der Waals surface area contributed by atoms with Gasteiger partial charge in [-0.2, -0.15) is 4.57 Å². The highest BCUT2D eigenvalue weighted by atomic mass is 35.7. The minimum atomic E-state index is -4.94. The Hall–Kier alpha value is -2.24. The fourth-order valence-corrected chi connectivity index (χ4v) is 6.76. The van der Waals surface area contributed by atoms with Crippen molar-refractivity contribution in [3.8, 4) is 0 Å². The molecule has 0 N–H and O–H groups in total. The molecule has 5 heterocycles. The molecule has 158 valence electrons. The Bertz CT molecular complexity index is 1110. The third kappa shape index (κ3) is 3.48. The smallest absolute Gasteiger partial charge is 0.190 e. The van der Waals surface area contributed by atoms with E-state index in [0.717, 1.165) is 6.42 Å². The van der Waals surface area contributed by atoms with Crippen LogP contribution >= 0.6 is 22.7 Å².